The van der Waals surface area contributed by atoms with Gasteiger partial charge in [0.1, 0.15) is 11.5 Å². The molecule has 1 aliphatic heterocycles. The van der Waals surface area contributed by atoms with Gasteiger partial charge in [0.05, 0.1) is 35.5 Å². The topological polar surface area (TPSA) is 81.8 Å². The van der Waals surface area contributed by atoms with Gasteiger partial charge in [-0.2, -0.15) is 0 Å². The smallest absolute Gasteiger partial charge is 0.138 e. The lowest BCUT2D eigenvalue weighted by molar-refractivity contribution is 0.589. The van der Waals surface area contributed by atoms with E-state index in [2.05, 4.69) is 59.7 Å². The Labute approximate surface area is 185 Å². The van der Waals surface area contributed by atoms with Crippen LogP contribution in [0.3, 0.4) is 0 Å². The number of hydrogen-bond donors (Lipinski definition) is 3. The standard InChI is InChI=1S/C25H23N7/c1-2-4-17(5-3-1)21-15-27-16-22-24(21)20-12-18(13-29-25(20)31-22)30-23-7-6-19(14-28-23)32-10-8-26-9-11-32/h1-7,12-16,26H,8-11H2,(H,28,30)(H,29,31). The van der Waals surface area contributed by atoms with Gasteiger partial charge in [-0.3, -0.25) is 4.98 Å². The van der Waals surface area contributed by atoms with E-state index in [9.17, 15) is 0 Å². The summed E-state index contributed by atoms with van der Waals surface area (Å²) in [5, 5.41) is 8.97. The maximum absolute atomic E-state index is 4.65. The summed E-state index contributed by atoms with van der Waals surface area (Å²) in [6.07, 6.45) is 7.54. The van der Waals surface area contributed by atoms with Gasteiger partial charge >= 0.3 is 0 Å². The third-order valence-corrected chi connectivity index (χ3v) is 5.94. The molecule has 5 heterocycles. The number of rotatable bonds is 4. The molecular formula is C25H23N7. The monoisotopic (exact) mass is 421 g/mol. The molecule has 0 radical (unpaired) electrons. The van der Waals surface area contributed by atoms with Crippen molar-refractivity contribution in [3.8, 4) is 11.1 Å². The van der Waals surface area contributed by atoms with Gasteiger partial charge < -0.3 is 20.5 Å². The second kappa shape index (κ2) is 7.94. The average Bonchev–Trinajstić information content (AvgIpc) is 3.24. The van der Waals surface area contributed by atoms with Crippen LogP contribution >= 0.6 is 0 Å². The molecule has 0 amide bonds. The van der Waals surface area contributed by atoms with Gasteiger partial charge in [-0.05, 0) is 23.8 Å². The zero-order valence-electron chi connectivity index (χ0n) is 17.5. The van der Waals surface area contributed by atoms with Crippen molar-refractivity contribution in [2.45, 2.75) is 0 Å². The number of fused-ring (bicyclic) bond motifs is 3. The first-order valence-corrected chi connectivity index (χ1v) is 10.8. The first kappa shape index (κ1) is 18.8. The molecule has 5 aromatic rings. The molecule has 4 aromatic heterocycles. The minimum atomic E-state index is 0.801. The van der Waals surface area contributed by atoms with Gasteiger partial charge in [0, 0.05) is 48.7 Å². The molecule has 7 nitrogen and oxygen atoms in total. The third kappa shape index (κ3) is 3.42. The predicted octanol–water partition coefficient (Wildman–Crippen LogP) is 4.33. The summed E-state index contributed by atoms with van der Waals surface area (Å²) in [5.74, 6) is 0.801. The number of piperazine rings is 1. The highest BCUT2D eigenvalue weighted by atomic mass is 15.2. The highest BCUT2D eigenvalue weighted by Gasteiger charge is 2.13. The molecule has 3 N–H and O–H groups in total. The molecule has 0 spiro atoms. The number of aromatic amines is 1. The zero-order chi connectivity index (χ0) is 21.3. The Balaban J connectivity index is 1.35. The Morgan fingerprint density at radius 3 is 2.56 bits per heavy atom. The summed E-state index contributed by atoms with van der Waals surface area (Å²) >= 11 is 0. The van der Waals surface area contributed by atoms with Crippen LogP contribution in [0.25, 0.3) is 33.1 Å². The van der Waals surface area contributed by atoms with Crippen LogP contribution in [0.5, 0.6) is 0 Å². The molecular weight excluding hydrogens is 398 g/mol. The van der Waals surface area contributed by atoms with Crippen LogP contribution in [0.2, 0.25) is 0 Å². The molecule has 0 atom stereocenters. The molecule has 0 saturated carbocycles. The van der Waals surface area contributed by atoms with Crippen LogP contribution in [0.1, 0.15) is 0 Å². The Kier molecular flexibility index (Phi) is 4.66. The van der Waals surface area contributed by atoms with Gasteiger partial charge in [-0.1, -0.05) is 30.3 Å². The van der Waals surface area contributed by atoms with E-state index in [1.165, 1.54) is 0 Å². The molecule has 1 saturated heterocycles. The summed E-state index contributed by atoms with van der Waals surface area (Å²) < 4.78 is 0. The van der Waals surface area contributed by atoms with E-state index in [1.807, 2.05) is 49.1 Å². The van der Waals surface area contributed by atoms with Crippen molar-refractivity contribution in [2.75, 3.05) is 36.4 Å². The molecule has 1 fully saturated rings. The fraction of sp³-hybridized carbons (Fsp3) is 0.160. The molecule has 32 heavy (non-hydrogen) atoms. The average molecular weight is 422 g/mol. The largest absolute Gasteiger partial charge is 0.368 e. The van der Waals surface area contributed by atoms with Crippen LogP contribution in [0, 0.1) is 0 Å². The summed E-state index contributed by atoms with van der Waals surface area (Å²) in [5.41, 5.74) is 6.10. The number of benzene rings is 1. The number of pyridine rings is 3. The van der Waals surface area contributed by atoms with E-state index in [0.29, 0.717) is 0 Å². The van der Waals surface area contributed by atoms with Crippen LogP contribution < -0.4 is 15.5 Å². The first-order chi connectivity index (χ1) is 15.8. The van der Waals surface area contributed by atoms with Gasteiger partial charge in [0.2, 0.25) is 0 Å². The molecule has 1 aliphatic rings. The van der Waals surface area contributed by atoms with Crippen molar-refractivity contribution in [3.05, 3.63) is 73.3 Å². The minimum Gasteiger partial charge on any atom is -0.368 e. The number of hydrogen-bond acceptors (Lipinski definition) is 6. The maximum atomic E-state index is 4.65. The summed E-state index contributed by atoms with van der Waals surface area (Å²) in [6, 6.07) is 16.6. The minimum absolute atomic E-state index is 0.801. The Morgan fingerprint density at radius 2 is 1.75 bits per heavy atom. The van der Waals surface area contributed by atoms with Gasteiger partial charge in [-0.15, -0.1) is 0 Å². The Morgan fingerprint density at radius 1 is 0.875 bits per heavy atom. The van der Waals surface area contributed by atoms with Crippen molar-refractivity contribution in [2.24, 2.45) is 0 Å². The van der Waals surface area contributed by atoms with Gasteiger partial charge in [-0.25, -0.2) is 9.97 Å². The molecule has 0 unspecified atom stereocenters. The lowest BCUT2D eigenvalue weighted by atomic mass is 10.0. The van der Waals surface area contributed by atoms with E-state index in [4.69, 9.17) is 0 Å². The van der Waals surface area contributed by atoms with Crippen molar-refractivity contribution in [1.82, 2.24) is 25.3 Å². The SMILES string of the molecule is c1ccc(-c2cncc3[nH]c4ncc(Nc5ccc(N6CCNCC6)cn5)cc4c23)cc1. The number of H-pyrrole nitrogens is 1. The van der Waals surface area contributed by atoms with Crippen LogP contribution in [0.15, 0.2) is 73.3 Å². The van der Waals surface area contributed by atoms with E-state index in [-0.39, 0.29) is 0 Å². The molecule has 7 heteroatoms. The molecule has 0 bridgehead atoms. The van der Waals surface area contributed by atoms with Crippen molar-refractivity contribution in [1.29, 1.82) is 0 Å². The fourth-order valence-corrected chi connectivity index (χ4v) is 4.35. The Bertz CT molecular complexity index is 1370. The predicted molar refractivity (Wildman–Crippen MR) is 129 cm³/mol. The second-order valence-corrected chi connectivity index (χ2v) is 7.98. The highest BCUT2D eigenvalue weighted by Crippen LogP contribution is 2.34. The molecule has 6 rings (SSSR count). The normalized spacial score (nSPS) is 14.2. The third-order valence-electron chi connectivity index (χ3n) is 5.94. The lowest BCUT2D eigenvalue weighted by Crippen LogP contribution is -2.43. The van der Waals surface area contributed by atoms with Crippen LogP contribution in [-0.2, 0) is 0 Å². The lowest BCUT2D eigenvalue weighted by Gasteiger charge is -2.29. The van der Waals surface area contributed by atoms with Crippen molar-refractivity contribution >= 4 is 39.1 Å². The van der Waals surface area contributed by atoms with E-state index in [0.717, 1.165) is 76.4 Å². The van der Waals surface area contributed by atoms with Gasteiger partial charge in [0.25, 0.3) is 0 Å². The summed E-state index contributed by atoms with van der Waals surface area (Å²) in [7, 11) is 0. The molecule has 158 valence electrons. The Hall–Kier alpha value is -3.97. The summed E-state index contributed by atoms with van der Waals surface area (Å²) in [4.78, 5) is 19.5. The van der Waals surface area contributed by atoms with E-state index < -0.39 is 0 Å². The maximum Gasteiger partial charge on any atom is 0.138 e. The number of nitrogens with one attached hydrogen (secondary N) is 3. The van der Waals surface area contributed by atoms with Crippen LogP contribution in [0.4, 0.5) is 17.2 Å². The number of aromatic nitrogens is 4. The summed E-state index contributed by atoms with van der Waals surface area (Å²) in [6.45, 7) is 4.04. The number of anilines is 3. The van der Waals surface area contributed by atoms with Crippen molar-refractivity contribution in [3.63, 3.8) is 0 Å². The zero-order valence-corrected chi connectivity index (χ0v) is 17.5. The van der Waals surface area contributed by atoms with E-state index in [1.54, 1.807) is 0 Å². The quantitative estimate of drug-likeness (QED) is 0.401. The van der Waals surface area contributed by atoms with Crippen LogP contribution in [-0.4, -0.2) is 46.1 Å². The highest BCUT2D eigenvalue weighted by molar-refractivity contribution is 6.13. The molecule has 0 aliphatic carbocycles. The first-order valence-electron chi connectivity index (χ1n) is 10.8. The van der Waals surface area contributed by atoms with Crippen molar-refractivity contribution < 1.29 is 0 Å². The number of nitrogens with zero attached hydrogens (tertiary/aromatic N) is 4. The second-order valence-electron chi connectivity index (χ2n) is 7.98. The molecule has 1 aromatic carbocycles. The van der Waals surface area contributed by atoms with Gasteiger partial charge in [0.15, 0.2) is 0 Å². The fourth-order valence-electron chi connectivity index (χ4n) is 4.35. The van der Waals surface area contributed by atoms with E-state index >= 15 is 0 Å².